The topological polar surface area (TPSA) is 138 Å². The van der Waals surface area contributed by atoms with Crippen molar-refractivity contribution in [2.75, 3.05) is 6.79 Å². The molecular weight excluding hydrogens is 454 g/mol. The van der Waals surface area contributed by atoms with Crippen LogP contribution in [0, 0.1) is 34.0 Å². The maximum Gasteiger partial charge on any atom is 0.310 e. The van der Waals surface area contributed by atoms with Crippen molar-refractivity contribution in [1.29, 1.82) is 0 Å². The zero-order chi connectivity index (χ0) is 25.4. The van der Waals surface area contributed by atoms with E-state index < -0.39 is 94.6 Å². The lowest BCUT2D eigenvalue weighted by Gasteiger charge is -2.64. The van der Waals surface area contributed by atoms with Gasteiger partial charge in [-0.25, -0.2) is 13.9 Å². The van der Waals surface area contributed by atoms with Crippen molar-refractivity contribution in [2.24, 2.45) is 34.0 Å². The second kappa shape index (κ2) is 7.86. The summed E-state index contributed by atoms with van der Waals surface area (Å²) in [6.45, 7) is 3.24. The average molecular weight is 486 g/mol. The van der Waals surface area contributed by atoms with Crippen LogP contribution in [0.15, 0.2) is 0 Å². The number of ether oxygens (including phenoxy) is 1. The van der Waals surface area contributed by atoms with Gasteiger partial charge in [-0.3, -0.25) is 19.2 Å². The molecule has 4 rings (SSSR count). The number of aliphatic hydroxyl groups is 1. The number of halogens is 2. The Kier molecular flexibility index (Phi) is 5.85. The highest BCUT2D eigenvalue weighted by Crippen LogP contribution is 2.73. The maximum absolute atomic E-state index is 17.3. The predicted molar refractivity (Wildman–Crippen MR) is 110 cm³/mol. The fourth-order valence-corrected chi connectivity index (χ4v) is 8.45. The Bertz CT molecular complexity index is 940. The molecule has 0 saturated heterocycles. The van der Waals surface area contributed by atoms with E-state index >= 15 is 8.78 Å². The van der Waals surface area contributed by atoms with Gasteiger partial charge in [-0.2, -0.15) is 0 Å². The summed E-state index contributed by atoms with van der Waals surface area (Å²) in [6.07, 6.45) is -5.55. The molecule has 0 aromatic rings. The van der Waals surface area contributed by atoms with Crippen molar-refractivity contribution >= 4 is 23.3 Å². The van der Waals surface area contributed by atoms with Gasteiger partial charge >= 0.3 is 5.97 Å². The first-order chi connectivity index (χ1) is 15.8. The Morgan fingerprint density at radius 1 is 1.18 bits per heavy atom. The van der Waals surface area contributed by atoms with Gasteiger partial charge in [0.25, 0.3) is 0 Å². The maximum atomic E-state index is 17.3. The van der Waals surface area contributed by atoms with Crippen LogP contribution in [0.25, 0.3) is 0 Å². The zero-order valence-electron chi connectivity index (χ0n) is 19.5. The molecule has 1 radical (unpaired) electrons. The van der Waals surface area contributed by atoms with E-state index in [1.807, 2.05) is 6.92 Å². The third-order valence-electron chi connectivity index (χ3n) is 10.0. The molecular formula is C24H31F2O8. The second-order valence-corrected chi connectivity index (χ2v) is 11.0. The van der Waals surface area contributed by atoms with Gasteiger partial charge in [-0.05, 0) is 50.4 Å². The number of hydrogen-bond acceptors (Lipinski definition) is 6. The number of carbonyl (C=O) groups excluding carboxylic acids is 3. The molecule has 4 aliphatic carbocycles. The highest BCUT2D eigenvalue weighted by atomic mass is 19.1. The van der Waals surface area contributed by atoms with Crippen LogP contribution >= 0.6 is 0 Å². The predicted octanol–water partition coefficient (Wildman–Crippen LogP) is 2.22. The number of alkyl halides is 2. The minimum atomic E-state index is -2.80. The molecule has 0 spiro atoms. The first-order valence-electron chi connectivity index (χ1n) is 11.9. The number of rotatable bonds is 5. The lowest BCUT2D eigenvalue weighted by Crippen LogP contribution is -2.77. The SMILES string of the molecule is CCC[C@]1(C(=O)O)CCC2C3C[C@H](F)C4C(=O)C(=O)C(OC[O])C(=O)[C@]4(C)[C@@]3(F)[C@@H](O)C[C@@]21C. The number of fused-ring (bicyclic) bond motifs is 5. The summed E-state index contributed by atoms with van der Waals surface area (Å²) < 4.78 is 37.6. The van der Waals surface area contributed by atoms with E-state index in [9.17, 15) is 34.5 Å². The number of aliphatic carboxylic acids is 1. The molecule has 0 aliphatic heterocycles. The Labute approximate surface area is 196 Å². The fourth-order valence-electron chi connectivity index (χ4n) is 8.45. The summed E-state index contributed by atoms with van der Waals surface area (Å²) in [4.78, 5) is 51.2. The van der Waals surface area contributed by atoms with E-state index in [1.54, 1.807) is 6.92 Å². The van der Waals surface area contributed by atoms with Crippen LogP contribution < -0.4 is 0 Å². The molecule has 4 aliphatic rings. The van der Waals surface area contributed by atoms with Crippen LogP contribution in [0.4, 0.5) is 8.78 Å². The van der Waals surface area contributed by atoms with Crippen LogP contribution in [-0.2, 0) is 29.0 Å². The number of ketones is 3. The fraction of sp³-hybridized carbons (Fsp3) is 0.833. The lowest BCUT2D eigenvalue weighted by molar-refractivity contribution is -0.254. The van der Waals surface area contributed by atoms with E-state index in [4.69, 9.17) is 0 Å². The van der Waals surface area contributed by atoms with Crippen molar-refractivity contribution in [3.05, 3.63) is 0 Å². The molecule has 10 atom stereocenters. The van der Waals surface area contributed by atoms with E-state index in [0.29, 0.717) is 12.8 Å². The third kappa shape index (κ3) is 2.67. The molecule has 4 saturated carbocycles. The van der Waals surface area contributed by atoms with Gasteiger partial charge in [-0.15, -0.1) is 0 Å². The van der Waals surface area contributed by atoms with Gasteiger partial charge in [-0.1, -0.05) is 20.3 Å². The van der Waals surface area contributed by atoms with Crippen molar-refractivity contribution in [3.63, 3.8) is 0 Å². The minimum Gasteiger partial charge on any atom is -0.481 e. The van der Waals surface area contributed by atoms with Gasteiger partial charge in [0, 0.05) is 5.92 Å². The van der Waals surface area contributed by atoms with Crippen LogP contribution in [0.2, 0.25) is 0 Å². The number of hydrogen-bond donors (Lipinski definition) is 2. The molecule has 2 N–H and O–H groups in total. The summed E-state index contributed by atoms with van der Waals surface area (Å²) in [7, 11) is 0. The Morgan fingerprint density at radius 2 is 1.82 bits per heavy atom. The van der Waals surface area contributed by atoms with Crippen molar-refractivity contribution in [1.82, 2.24) is 0 Å². The van der Waals surface area contributed by atoms with E-state index in [0.717, 1.165) is 6.92 Å². The minimum absolute atomic E-state index is 0.223. The van der Waals surface area contributed by atoms with Gasteiger partial charge in [0.2, 0.25) is 11.6 Å². The van der Waals surface area contributed by atoms with Crippen LogP contribution in [-0.4, -0.2) is 64.4 Å². The molecule has 8 nitrogen and oxygen atoms in total. The summed E-state index contributed by atoms with van der Waals surface area (Å²) in [5.41, 5.74) is -7.56. The Balaban J connectivity index is 1.88. The normalized spacial score (nSPS) is 50.5. The summed E-state index contributed by atoms with van der Waals surface area (Å²) in [5.74, 6) is -8.83. The number of carboxylic acid groups (broad SMARTS) is 1. The molecule has 0 aromatic heterocycles. The molecule has 0 bridgehead atoms. The molecule has 0 heterocycles. The van der Waals surface area contributed by atoms with E-state index in [2.05, 4.69) is 4.74 Å². The first-order valence-corrected chi connectivity index (χ1v) is 11.9. The first kappa shape index (κ1) is 25.3. The molecule has 10 heteroatoms. The number of carbonyl (C=O) groups is 4. The van der Waals surface area contributed by atoms with Gasteiger partial charge in [0.15, 0.2) is 24.3 Å². The monoisotopic (exact) mass is 485 g/mol. The number of aliphatic hydroxyl groups excluding tert-OH is 1. The Hall–Kier alpha value is -1.78. The van der Waals surface area contributed by atoms with Crippen molar-refractivity contribution < 1.29 is 48.0 Å². The smallest absolute Gasteiger partial charge is 0.310 e. The standard InChI is InChI=1S/C24H31F2O8/c1-4-6-23(20(32)33)7-5-11-12-8-13(25)15-16(29)17(30)18(34-10-27)19(31)22(15,3)24(12,26)14(28)9-21(11,23)2/h11-15,18,28H,4-10H2,1-3H3,(H,32,33)/t11?,12?,13-,14-,15?,18?,21-,22+,23+,24-/m0/s1. The second-order valence-electron chi connectivity index (χ2n) is 11.0. The summed E-state index contributed by atoms with van der Waals surface area (Å²) in [6, 6.07) is 0. The molecule has 0 amide bonds. The van der Waals surface area contributed by atoms with E-state index in [-0.39, 0.29) is 19.3 Å². The molecule has 189 valence electrons. The number of carboxylic acids is 1. The third-order valence-corrected chi connectivity index (χ3v) is 10.0. The summed E-state index contributed by atoms with van der Waals surface area (Å²) in [5, 5.41) is 32.5. The lowest BCUT2D eigenvalue weighted by atomic mass is 9.40. The van der Waals surface area contributed by atoms with E-state index in [1.165, 1.54) is 0 Å². The molecule has 34 heavy (non-hydrogen) atoms. The molecule has 4 unspecified atom stereocenters. The van der Waals surface area contributed by atoms with Gasteiger partial charge < -0.3 is 14.9 Å². The average Bonchev–Trinajstić information content (AvgIpc) is 3.05. The summed E-state index contributed by atoms with van der Waals surface area (Å²) >= 11 is 0. The van der Waals surface area contributed by atoms with Crippen LogP contribution in [0.1, 0.15) is 59.3 Å². The Morgan fingerprint density at radius 3 is 2.38 bits per heavy atom. The van der Waals surface area contributed by atoms with Crippen molar-refractivity contribution in [3.8, 4) is 0 Å². The quantitative estimate of drug-likeness (QED) is 0.346. The highest BCUT2D eigenvalue weighted by molar-refractivity contribution is 6.46. The number of Topliss-reactive ketones (excluding diaryl/α,β-unsaturated/α-hetero) is 3. The van der Waals surface area contributed by atoms with Gasteiger partial charge in [0.05, 0.1) is 22.9 Å². The highest BCUT2D eigenvalue weighted by Gasteiger charge is 2.80. The zero-order valence-corrected chi connectivity index (χ0v) is 19.5. The van der Waals surface area contributed by atoms with Gasteiger partial charge in [0.1, 0.15) is 6.17 Å². The van der Waals surface area contributed by atoms with Crippen LogP contribution in [0.3, 0.4) is 0 Å². The molecule has 4 fully saturated rings. The van der Waals surface area contributed by atoms with Crippen molar-refractivity contribution in [2.45, 2.75) is 83.3 Å². The molecule has 0 aromatic carbocycles. The largest absolute Gasteiger partial charge is 0.481 e. The van der Waals surface area contributed by atoms with Crippen LogP contribution in [0.5, 0.6) is 0 Å².